The number of hydrogen-bond acceptors (Lipinski definition) is 3. The van der Waals surface area contributed by atoms with E-state index in [0.717, 1.165) is 13.0 Å². The van der Waals surface area contributed by atoms with Crippen LogP contribution in [0.3, 0.4) is 0 Å². The first kappa shape index (κ1) is 16.8. The van der Waals surface area contributed by atoms with E-state index in [1.165, 1.54) is 0 Å². The fourth-order valence-electron chi connectivity index (χ4n) is 0.917. The SMILES string of the molecule is C=CCOCCCC(=O)NCCNC.Cl. The summed E-state index contributed by atoms with van der Waals surface area (Å²) in [5.41, 5.74) is 0. The van der Waals surface area contributed by atoms with Crippen LogP contribution < -0.4 is 10.6 Å². The Morgan fingerprint density at radius 1 is 1.47 bits per heavy atom. The minimum absolute atomic E-state index is 0. The van der Waals surface area contributed by atoms with Crippen LogP contribution in [0.4, 0.5) is 0 Å². The van der Waals surface area contributed by atoms with E-state index in [1.807, 2.05) is 7.05 Å². The smallest absolute Gasteiger partial charge is 0.220 e. The van der Waals surface area contributed by atoms with Gasteiger partial charge in [-0.3, -0.25) is 4.79 Å². The number of carbonyl (C=O) groups excluding carboxylic acids is 1. The second kappa shape index (κ2) is 13.4. The molecular weight excluding hydrogens is 216 g/mol. The second-order valence-electron chi connectivity index (χ2n) is 2.92. The number of ether oxygens (including phenoxy) is 1. The van der Waals surface area contributed by atoms with Gasteiger partial charge >= 0.3 is 0 Å². The molecule has 0 heterocycles. The number of hydrogen-bond donors (Lipinski definition) is 2. The van der Waals surface area contributed by atoms with Gasteiger partial charge in [0.05, 0.1) is 6.61 Å². The van der Waals surface area contributed by atoms with Crippen LogP contribution in [-0.4, -0.2) is 39.3 Å². The van der Waals surface area contributed by atoms with Gasteiger partial charge in [-0.25, -0.2) is 0 Å². The zero-order valence-corrected chi connectivity index (χ0v) is 10.1. The lowest BCUT2D eigenvalue weighted by atomic mass is 10.3. The van der Waals surface area contributed by atoms with Gasteiger partial charge in [-0.1, -0.05) is 6.08 Å². The van der Waals surface area contributed by atoms with Gasteiger partial charge in [-0.05, 0) is 13.5 Å². The summed E-state index contributed by atoms with van der Waals surface area (Å²) in [6, 6.07) is 0. The molecule has 0 aromatic heterocycles. The van der Waals surface area contributed by atoms with Crippen molar-refractivity contribution in [2.75, 3.05) is 33.4 Å². The molecule has 0 radical (unpaired) electrons. The van der Waals surface area contributed by atoms with Crippen LogP contribution in [0, 0.1) is 0 Å². The molecule has 15 heavy (non-hydrogen) atoms. The predicted molar refractivity (Wildman–Crippen MR) is 64.4 cm³/mol. The van der Waals surface area contributed by atoms with E-state index in [2.05, 4.69) is 17.2 Å². The largest absolute Gasteiger partial charge is 0.377 e. The van der Waals surface area contributed by atoms with E-state index in [9.17, 15) is 4.79 Å². The fourth-order valence-corrected chi connectivity index (χ4v) is 0.917. The number of amides is 1. The first-order chi connectivity index (χ1) is 6.81. The van der Waals surface area contributed by atoms with Gasteiger partial charge in [-0.2, -0.15) is 0 Å². The van der Waals surface area contributed by atoms with Crippen molar-refractivity contribution in [1.82, 2.24) is 10.6 Å². The van der Waals surface area contributed by atoms with Gasteiger partial charge in [0, 0.05) is 26.1 Å². The van der Waals surface area contributed by atoms with Crippen molar-refractivity contribution in [2.45, 2.75) is 12.8 Å². The molecule has 0 unspecified atom stereocenters. The van der Waals surface area contributed by atoms with E-state index in [-0.39, 0.29) is 18.3 Å². The van der Waals surface area contributed by atoms with Crippen molar-refractivity contribution in [3.63, 3.8) is 0 Å². The summed E-state index contributed by atoms with van der Waals surface area (Å²) in [4.78, 5) is 11.1. The Kier molecular flexibility index (Phi) is 15.1. The van der Waals surface area contributed by atoms with E-state index >= 15 is 0 Å². The van der Waals surface area contributed by atoms with Gasteiger partial charge in [0.15, 0.2) is 0 Å². The highest BCUT2D eigenvalue weighted by atomic mass is 35.5. The van der Waals surface area contributed by atoms with E-state index in [4.69, 9.17) is 4.74 Å². The van der Waals surface area contributed by atoms with Crippen LogP contribution >= 0.6 is 12.4 Å². The van der Waals surface area contributed by atoms with E-state index in [0.29, 0.717) is 26.2 Å². The van der Waals surface area contributed by atoms with Crippen molar-refractivity contribution in [1.29, 1.82) is 0 Å². The molecule has 4 nitrogen and oxygen atoms in total. The normalized spacial score (nSPS) is 9.13. The first-order valence-electron chi connectivity index (χ1n) is 4.91. The molecule has 1 amide bonds. The Labute approximate surface area is 97.9 Å². The summed E-state index contributed by atoms with van der Waals surface area (Å²) >= 11 is 0. The number of halogens is 1. The summed E-state index contributed by atoms with van der Waals surface area (Å²) in [6.45, 7) is 6.19. The summed E-state index contributed by atoms with van der Waals surface area (Å²) in [7, 11) is 1.86. The van der Waals surface area contributed by atoms with Crippen LogP contribution in [0.5, 0.6) is 0 Å². The highest BCUT2D eigenvalue weighted by molar-refractivity contribution is 5.85. The zero-order chi connectivity index (χ0) is 10.6. The molecule has 2 N–H and O–H groups in total. The number of rotatable bonds is 9. The van der Waals surface area contributed by atoms with Crippen LogP contribution in [0.15, 0.2) is 12.7 Å². The molecular formula is C10H21ClN2O2. The van der Waals surface area contributed by atoms with Gasteiger partial charge in [0.1, 0.15) is 0 Å². The lowest BCUT2D eigenvalue weighted by Crippen LogP contribution is -2.30. The summed E-state index contributed by atoms with van der Waals surface area (Å²) < 4.78 is 5.15. The molecule has 0 atom stereocenters. The highest BCUT2D eigenvalue weighted by Gasteiger charge is 1.98. The molecule has 0 aliphatic heterocycles. The average Bonchev–Trinajstić information content (AvgIpc) is 2.18. The minimum atomic E-state index is 0. The molecule has 0 rings (SSSR count). The van der Waals surface area contributed by atoms with Crippen molar-refractivity contribution < 1.29 is 9.53 Å². The predicted octanol–water partition coefficient (Wildman–Crippen LogP) is 0.727. The molecule has 0 saturated heterocycles. The molecule has 0 aromatic rings. The minimum Gasteiger partial charge on any atom is -0.377 e. The monoisotopic (exact) mass is 236 g/mol. The lowest BCUT2D eigenvalue weighted by molar-refractivity contribution is -0.121. The molecule has 5 heteroatoms. The zero-order valence-electron chi connectivity index (χ0n) is 9.25. The van der Waals surface area contributed by atoms with Gasteiger partial charge in [0.25, 0.3) is 0 Å². The van der Waals surface area contributed by atoms with Gasteiger partial charge in [-0.15, -0.1) is 19.0 Å². The van der Waals surface area contributed by atoms with Crippen LogP contribution in [0.2, 0.25) is 0 Å². The molecule has 90 valence electrons. The topological polar surface area (TPSA) is 50.4 Å². The van der Waals surface area contributed by atoms with E-state index < -0.39 is 0 Å². The first-order valence-corrected chi connectivity index (χ1v) is 4.91. The van der Waals surface area contributed by atoms with E-state index in [1.54, 1.807) is 6.08 Å². The number of likely N-dealkylation sites (N-methyl/N-ethyl adjacent to an activating group) is 1. The number of nitrogens with one attached hydrogen (secondary N) is 2. The van der Waals surface area contributed by atoms with Crippen molar-refractivity contribution in [2.24, 2.45) is 0 Å². The Hall–Kier alpha value is -0.580. The molecule has 0 aliphatic rings. The fraction of sp³-hybridized carbons (Fsp3) is 0.700. The third-order valence-electron chi connectivity index (χ3n) is 1.63. The number of carbonyl (C=O) groups is 1. The standard InChI is InChI=1S/C10H20N2O2.ClH/c1-3-8-14-9-4-5-10(13)12-7-6-11-2;/h3,11H,1,4-9H2,2H3,(H,12,13);1H. The molecule has 0 aliphatic carbocycles. The van der Waals surface area contributed by atoms with Gasteiger partial charge in [0.2, 0.25) is 5.91 Å². The molecule has 0 fully saturated rings. The molecule has 0 saturated carbocycles. The highest BCUT2D eigenvalue weighted by Crippen LogP contribution is 1.90. The Morgan fingerprint density at radius 3 is 2.80 bits per heavy atom. The lowest BCUT2D eigenvalue weighted by Gasteiger charge is -2.04. The van der Waals surface area contributed by atoms with Crippen molar-refractivity contribution in [3.05, 3.63) is 12.7 Å². The third-order valence-corrected chi connectivity index (χ3v) is 1.63. The summed E-state index contributed by atoms with van der Waals surface area (Å²) in [5.74, 6) is 0.0856. The maximum absolute atomic E-state index is 11.1. The maximum Gasteiger partial charge on any atom is 0.220 e. The van der Waals surface area contributed by atoms with Crippen LogP contribution in [-0.2, 0) is 9.53 Å². The van der Waals surface area contributed by atoms with Crippen molar-refractivity contribution >= 4 is 18.3 Å². The second-order valence-corrected chi connectivity index (χ2v) is 2.92. The van der Waals surface area contributed by atoms with Crippen LogP contribution in [0.1, 0.15) is 12.8 Å². The van der Waals surface area contributed by atoms with Crippen molar-refractivity contribution in [3.8, 4) is 0 Å². The summed E-state index contributed by atoms with van der Waals surface area (Å²) in [6.07, 6.45) is 2.99. The average molecular weight is 237 g/mol. The molecule has 0 bridgehead atoms. The van der Waals surface area contributed by atoms with Crippen LogP contribution in [0.25, 0.3) is 0 Å². The Balaban J connectivity index is 0. The Morgan fingerprint density at radius 2 is 2.20 bits per heavy atom. The summed E-state index contributed by atoms with van der Waals surface area (Å²) in [5, 5.41) is 5.75. The third kappa shape index (κ3) is 13.4. The molecule has 0 aromatic carbocycles. The quantitative estimate of drug-likeness (QED) is 0.458. The van der Waals surface area contributed by atoms with Gasteiger partial charge < -0.3 is 15.4 Å². The molecule has 0 spiro atoms. The maximum atomic E-state index is 11.1. The Bertz CT molecular complexity index is 166.